The molecule has 2 aromatic carbocycles. The highest BCUT2D eigenvalue weighted by atomic mass is 32.2. The Labute approximate surface area is 239 Å². The van der Waals surface area contributed by atoms with Gasteiger partial charge in [0.05, 0.1) is 28.4 Å². The molecule has 1 saturated carbocycles. The van der Waals surface area contributed by atoms with Gasteiger partial charge in [-0.2, -0.15) is 9.78 Å². The summed E-state index contributed by atoms with van der Waals surface area (Å²) in [6, 6.07) is 17.0. The first-order valence-corrected chi connectivity index (χ1v) is 15.5. The van der Waals surface area contributed by atoms with Crippen LogP contribution in [0.5, 0.6) is 0 Å². The molecule has 214 valence electrons. The van der Waals surface area contributed by atoms with E-state index >= 15 is 0 Å². The smallest absolute Gasteiger partial charge is 0.442 e. The zero-order valence-corrected chi connectivity index (χ0v) is 23.9. The number of nitrogens with one attached hydrogen (secondary N) is 2. The maximum atomic E-state index is 12.9. The van der Waals surface area contributed by atoms with E-state index in [1.807, 2.05) is 30.3 Å². The average molecular weight is 576 g/mol. The van der Waals surface area contributed by atoms with Crippen molar-refractivity contribution in [1.82, 2.24) is 30.2 Å². The molecule has 1 unspecified atom stereocenters. The van der Waals surface area contributed by atoms with Crippen LogP contribution in [0.15, 0.2) is 70.1 Å². The Morgan fingerprint density at radius 3 is 2.59 bits per heavy atom. The summed E-state index contributed by atoms with van der Waals surface area (Å²) >= 11 is 0. The summed E-state index contributed by atoms with van der Waals surface area (Å²) in [6.45, 7) is 2.34. The van der Waals surface area contributed by atoms with Crippen molar-refractivity contribution in [3.05, 3.63) is 66.4 Å². The summed E-state index contributed by atoms with van der Waals surface area (Å²) in [5.41, 5.74) is 2.43. The van der Waals surface area contributed by atoms with Gasteiger partial charge in [-0.05, 0) is 54.8 Å². The van der Waals surface area contributed by atoms with Crippen molar-refractivity contribution in [3.8, 4) is 11.4 Å². The van der Waals surface area contributed by atoms with Crippen molar-refractivity contribution in [3.63, 3.8) is 0 Å². The first kappa shape index (κ1) is 28.1. The molecule has 41 heavy (non-hydrogen) atoms. The molecule has 1 atom stereocenters. The summed E-state index contributed by atoms with van der Waals surface area (Å²) in [6.07, 6.45) is 7.96. The minimum Gasteiger partial charge on any atom is -0.448 e. The maximum absolute atomic E-state index is 12.9. The Morgan fingerprint density at radius 1 is 1.10 bits per heavy atom. The number of hydrogen-bond donors (Lipinski definition) is 2. The van der Waals surface area contributed by atoms with Crippen molar-refractivity contribution in [2.45, 2.75) is 56.5 Å². The van der Waals surface area contributed by atoms with Crippen molar-refractivity contribution in [2.75, 3.05) is 23.5 Å². The van der Waals surface area contributed by atoms with Crippen LogP contribution >= 0.6 is 0 Å². The summed E-state index contributed by atoms with van der Waals surface area (Å²) < 4.78 is 21.4. The van der Waals surface area contributed by atoms with E-state index in [4.69, 9.17) is 9.72 Å². The number of ether oxygens (including phenoxy) is 1. The van der Waals surface area contributed by atoms with E-state index in [2.05, 4.69) is 35.4 Å². The number of nitrogens with zero attached hydrogens (tertiary/aromatic N) is 7. The number of carbonyl (C=O) groups excluding carboxylic acids is 1. The Morgan fingerprint density at radius 2 is 1.85 bits per heavy atom. The molecule has 13 heteroatoms. The molecule has 0 radical (unpaired) electrons. The lowest BCUT2D eigenvalue weighted by atomic mass is 9.95. The van der Waals surface area contributed by atoms with Gasteiger partial charge in [-0.1, -0.05) is 49.6 Å². The van der Waals surface area contributed by atoms with Crippen LogP contribution in [-0.4, -0.2) is 59.4 Å². The number of amides is 1. The fourth-order valence-corrected chi connectivity index (χ4v) is 5.67. The molecule has 2 heterocycles. The second-order valence-electron chi connectivity index (χ2n) is 9.81. The van der Waals surface area contributed by atoms with Gasteiger partial charge in [0.15, 0.2) is 0 Å². The van der Waals surface area contributed by atoms with E-state index in [0.29, 0.717) is 46.3 Å². The van der Waals surface area contributed by atoms with Crippen molar-refractivity contribution in [2.24, 2.45) is 4.36 Å². The van der Waals surface area contributed by atoms with Gasteiger partial charge in [-0.15, -0.1) is 14.6 Å². The van der Waals surface area contributed by atoms with Crippen LogP contribution in [0.2, 0.25) is 0 Å². The first-order chi connectivity index (χ1) is 19.9. The number of hydrogen-bond acceptors (Lipinski definition) is 10. The van der Waals surface area contributed by atoms with Gasteiger partial charge < -0.3 is 15.4 Å². The summed E-state index contributed by atoms with van der Waals surface area (Å²) in [5.74, 6) is 1.46. The number of carbonyl (C=O) groups is 1. The minimum atomic E-state index is -2.94. The predicted octanol–water partition coefficient (Wildman–Crippen LogP) is 5.28. The maximum Gasteiger partial charge on any atom is 0.442 e. The van der Waals surface area contributed by atoms with Crippen LogP contribution < -0.4 is 10.6 Å². The molecule has 5 rings (SSSR count). The van der Waals surface area contributed by atoms with Crippen molar-refractivity contribution >= 4 is 33.3 Å². The highest BCUT2D eigenvalue weighted by Crippen LogP contribution is 2.28. The largest absolute Gasteiger partial charge is 0.448 e. The molecular formula is C28H33N9O3S. The van der Waals surface area contributed by atoms with E-state index in [0.717, 1.165) is 18.4 Å². The summed E-state index contributed by atoms with van der Waals surface area (Å²) in [4.78, 5) is 23.0. The highest BCUT2D eigenvalue weighted by Gasteiger charge is 2.20. The quantitative estimate of drug-likeness (QED) is 0.270. The topological polar surface area (TPSA) is 149 Å². The molecule has 2 aromatic heterocycles. The van der Waals surface area contributed by atoms with Crippen LogP contribution in [0.1, 0.15) is 44.6 Å². The Hall–Kier alpha value is -4.39. The molecule has 0 saturated heterocycles. The Kier molecular flexibility index (Phi) is 8.82. The van der Waals surface area contributed by atoms with Crippen LogP contribution in [0.3, 0.4) is 0 Å². The van der Waals surface area contributed by atoms with Gasteiger partial charge in [-0.25, -0.2) is 14.0 Å². The second kappa shape index (κ2) is 12.9. The zero-order valence-electron chi connectivity index (χ0n) is 23.1. The lowest BCUT2D eigenvalue weighted by Crippen LogP contribution is -2.23. The predicted molar refractivity (Wildman–Crippen MR) is 156 cm³/mol. The van der Waals surface area contributed by atoms with E-state index < -0.39 is 15.8 Å². The normalized spacial score (nSPS) is 15.1. The molecule has 0 bridgehead atoms. The molecule has 12 nitrogen and oxygen atoms in total. The molecule has 4 aromatic rings. The van der Waals surface area contributed by atoms with Crippen molar-refractivity contribution < 1.29 is 13.7 Å². The third-order valence-corrected chi connectivity index (χ3v) is 8.30. The number of tetrazole rings is 1. The zero-order chi connectivity index (χ0) is 28.7. The minimum absolute atomic E-state index is 0.166. The second-order valence-corrected chi connectivity index (χ2v) is 12.1. The number of aromatic nitrogens is 6. The lowest BCUT2D eigenvalue weighted by Gasteiger charge is -2.24. The highest BCUT2D eigenvalue weighted by molar-refractivity contribution is 7.93. The fourth-order valence-electron chi connectivity index (χ4n) is 4.59. The number of anilines is 3. The van der Waals surface area contributed by atoms with Gasteiger partial charge in [-0.3, -0.25) is 0 Å². The molecule has 1 aliphatic rings. The molecule has 0 aliphatic heterocycles. The summed E-state index contributed by atoms with van der Waals surface area (Å²) in [5, 5.41) is 19.9. The fraction of sp³-hybridized carbons (Fsp3) is 0.357. The van der Waals surface area contributed by atoms with E-state index in [1.54, 1.807) is 42.2 Å². The van der Waals surface area contributed by atoms with E-state index in [-0.39, 0.29) is 6.61 Å². The monoisotopic (exact) mass is 575 g/mol. The van der Waals surface area contributed by atoms with Gasteiger partial charge in [0.1, 0.15) is 5.82 Å². The standard InChI is InChI=1S/C28H33N9O3S/c1-3-40-28(38)35-41(2,39)23-16-14-22(15-17-23)31-27-29-18-24(25(32-27)30-21-12-8-5-9-13-21)26-33-36-37(34-26)19-20-10-6-4-7-11-20/h4,6-7,10-11,14-18,21H,3,5,8-9,12-13,19H2,1-2H3,(H2,29,30,31,32). The molecule has 1 fully saturated rings. The number of rotatable bonds is 9. The molecule has 2 N–H and O–H groups in total. The van der Waals surface area contributed by atoms with Gasteiger partial charge in [0.2, 0.25) is 11.8 Å². The van der Waals surface area contributed by atoms with Crippen LogP contribution in [0.4, 0.5) is 22.2 Å². The third-order valence-electron chi connectivity index (χ3n) is 6.66. The first-order valence-electron chi connectivity index (χ1n) is 13.6. The molecular weight excluding hydrogens is 542 g/mol. The summed E-state index contributed by atoms with van der Waals surface area (Å²) in [7, 11) is -2.94. The Bertz CT molecular complexity index is 1590. The van der Waals surface area contributed by atoms with Gasteiger partial charge in [0, 0.05) is 29.1 Å². The van der Waals surface area contributed by atoms with Gasteiger partial charge >= 0.3 is 6.09 Å². The number of benzene rings is 2. The molecule has 0 spiro atoms. The Balaban J connectivity index is 1.37. The van der Waals surface area contributed by atoms with E-state index in [1.165, 1.54) is 25.5 Å². The lowest BCUT2D eigenvalue weighted by molar-refractivity contribution is 0.164. The SMILES string of the molecule is CCOC(=O)N=S(C)(=O)c1ccc(Nc2ncc(-c3nnn(Cc4ccccc4)n3)c(NC3CCCCC3)n2)cc1. The van der Waals surface area contributed by atoms with Crippen molar-refractivity contribution in [1.29, 1.82) is 0 Å². The van der Waals surface area contributed by atoms with Crippen LogP contribution in [0.25, 0.3) is 11.4 Å². The molecule has 1 aliphatic carbocycles. The van der Waals surface area contributed by atoms with E-state index in [9.17, 15) is 9.00 Å². The third kappa shape index (κ3) is 7.42. The average Bonchev–Trinajstić information content (AvgIpc) is 3.42. The van der Waals surface area contributed by atoms with Crippen LogP contribution in [0, 0.1) is 0 Å². The molecule has 1 amide bonds. The van der Waals surface area contributed by atoms with Gasteiger partial charge in [0.25, 0.3) is 0 Å². The van der Waals surface area contributed by atoms with Crippen LogP contribution in [-0.2, 0) is 21.0 Å².